The van der Waals surface area contributed by atoms with Crippen LogP contribution in [0.4, 0.5) is 0 Å². The van der Waals surface area contributed by atoms with Gasteiger partial charge in [-0.25, -0.2) is 0 Å². The summed E-state index contributed by atoms with van der Waals surface area (Å²) in [6.07, 6.45) is 0. The Balaban J connectivity index is 2.00. The molecule has 3 nitrogen and oxygen atoms in total. The standard InChI is InChI=1S/C25H27NO2/c1-25(24(27)28-3,22-17-11-6-12-18-22)19-26(2)23(20-13-7-4-8-14-20)21-15-9-5-10-16-21/h4-18,23H,19H2,1-3H3. The van der Waals surface area contributed by atoms with Crippen molar-refractivity contribution < 1.29 is 9.53 Å². The molecule has 0 heterocycles. The maximum absolute atomic E-state index is 12.8. The lowest BCUT2D eigenvalue weighted by Crippen LogP contribution is -2.45. The van der Waals surface area contributed by atoms with E-state index in [-0.39, 0.29) is 12.0 Å². The first-order valence-corrected chi connectivity index (χ1v) is 9.50. The van der Waals surface area contributed by atoms with Crippen LogP contribution < -0.4 is 0 Å². The second kappa shape index (κ2) is 8.85. The van der Waals surface area contributed by atoms with E-state index in [1.54, 1.807) is 0 Å². The fraction of sp³-hybridized carbons (Fsp3) is 0.240. The molecule has 0 radical (unpaired) electrons. The van der Waals surface area contributed by atoms with Crippen molar-refractivity contribution in [2.45, 2.75) is 18.4 Å². The van der Waals surface area contributed by atoms with Crippen LogP contribution in [0, 0.1) is 0 Å². The van der Waals surface area contributed by atoms with Gasteiger partial charge in [-0.1, -0.05) is 91.0 Å². The number of hydrogen-bond donors (Lipinski definition) is 0. The van der Waals surface area contributed by atoms with Crippen molar-refractivity contribution >= 4 is 5.97 Å². The molecule has 0 fully saturated rings. The topological polar surface area (TPSA) is 29.5 Å². The summed E-state index contributed by atoms with van der Waals surface area (Å²) in [5.74, 6) is -0.231. The highest BCUT2D eigenvalue weighted by atomic mass is 16.5. The molecule has 3 aromatic carbocycles. The van der Waals surface area contributed by atoms with Gasteiger partial charge in [0.2, 0.25) is 0 Å². The Labute approximate surface area is 167 Å². The van der Waals surface area contributed by atoms with Gasteiger partial charge in [0.1, 0.15) is 5.41 Å². The highest BCUT2D eigenvalue weighted by molar-refractivity contribution is 5.83. The summed E-state index contributed by atoms with van der Waals surface area (Å²) in [6, 6.07) is 30.7. The highest BCUT2D eigenvalue weighted by Gasteiger charge is 2.39. The van der Waals surface area contributed by atoms with E-state index in [1.807, 2.05) is 49.4 Å². The van der Waals surface area contributed by atoms with Crippen molar-refractivity contribution in [1.29, 1.82) is 0 Å². The van der Waals surface area contributed by atoms with E-state index in [2.05, 4.69) is 60.5 Å². The molecule has 0 saturated carbocycles. The summed E-state index contributed by atoms with van der Waals surface area (Å²) in [4.78, 5) is 15.0. The fourth-order valence-corrected chi connectivity index (χ4v) is 3.87. The van der Waals surface area contributed by atoms with E-state index >= 15 is 0 Å². The monoisotopic (exact) mass is 373 g/mol. The molecule has 0 amide bonds. The Kier molecular flexibility index (Phi) is 6.27. The van der Waals surface area contributed by atoms with Gasteiger partial charge in [-0.2, -0.15) is 0 Å². The fourth-order valence-electron chi connectivity index (χ4n) is 3.87. The van der Waals surface area contributed by atoms with E-state index in [0.29, 0.717) is 6.54 Å². The average Bonchev–Trinajstić information content (AvgIpc) is 2.75. The molecule has 0 saturated heterocycles. The molecule has 3 aromatic rings. The molecule has 1 atom stereocenters. The van der Waals surface area contributed by atoms with Crippen molar-refractivity contribution in [2.75, 3.05) is 20.7 Å². The second-order valence-corrected chi connectivity index (χ2v) is 7.33. The third-order valence-electron chi connectivity index (χ3n) is 5.28. The van der Waals surface area contributed by atoms with E-state index in [4.69, 9.17) is 4.74 Å². The Morgan fingerprint density at radius 3 is 1.71 bits per heavy atom. The van der Waals surface area contributed by atoms with Crippen LogP contribution in [0.3, 0.4) is 0 Å². The molecule has 0 aliphatic rings. The Morgan fingerprint density at radius 2 is 1.29 bits per heavy atom. The number of ether oxygens (including phenoxy) is 1. The number of carbonyl (C=O) groups excluding carboxylic acids is 1. The Bertz CT molecular complexity index is 841. The first kappa shape index (κ1) is 19.8. The number of rotatable bonds is 7. The maximum Gasteiger partial charge on any atom is 0.317 e. The Morgan fingerprint density at radius 1 is 0.857 bits per heavy atom. The zero-order valence-electron chi connectivity index (χ0n) is 16.7. The minimum Gasteiger partial charge on any atom is -0.468 e. The number of nitrogens with zero attached hydrogens (tertiary/aromatic N) is 1. The van der Waals surface area contributed by atoms with Crippen molar-refractivity contribution in [3.05, 3.63) is 108 Å². The lowest BCUT2D eigenvalue weighted by atomic mass is 9.81. The van der Waals surface area contributed by atoms with Crippen molar-refractivity contribution in [1.82, 2.24) is 4.90 Å². The summed E-state index contributed by atoms with van der Waals surface area (Å²) in [5, 5.41) is 0. The minimum atomic E-state index is -0.771. The normalized spacial score (nSPS) is 13.3. The van der Waals surface area contributed by atoms with Gasteiger partial charge in [-0.05, 0) is 30.7 Å². The summed E-state index contributed by atoms with van der Waals surface area (Å²) < 4.78 is 5.20. The molecule has 0 N–H and O–H groups in total. The number of likely N-dealkylation sites (N-methyl/N-ethyl adjacent to an activating group) is 1. The average molecular weight is 373 g/mol. The van der Waals surface area contributed by atoms with Gasteiger partial charge >= 0.3 is 5.97 Å². The third kappa shape index (κ3) is 4.15. The predicted octanol–water partition coefficient (Wildman–Crippen LogP) is 4.84. The van der Waals surface area contributed by atoms with E-state index in [1.165, 1.54) is 18.2 Å². The van der Waals surface area contributed by atoms with Crippen molar-refractivity contribution in [3.63, 3.8) is 0 Å². The highest BCUT2D eigenvalue weighted by Crippen LogP contribution is 2.33. The molecule has 0 bridgehead atoms. The van der Waals surface area contributed by atoms with Gasteiger partial charge in [0.05, 0.1) is 13.2 Å². The van der Waals surface area contributed by atoms with Gasteiger partial charge in [0, 0.05) is 6.54 Å². The first-order chi connectivity index (χ1) is 13.6. The van der Waals surface area contributed by atoms with Gasteiger partial charge in [0.15, 0.2) is 0 Å². The molecule has 0 spiro atoms. The van der Waals surface area contributed by atoms with Crippen LogP contribution in [0.25, 0.3) is 0 Å². The molecule has 0 aliphatic carbocycles. The zero-order valence-corrected chi connectivity index (χ0v) is 16.7. The smallest absolute Gasteiger partial charge is 0.317 e. The number of carbonyl (C=O) groups is 1. The largest absolute Gasteiger partial charge is 0.468 e. The minimum absolute atomic E-state index is 0.0371. The molecular weight excluding hydrogens is 346 g/mol. The van der Waals surface area contributed by atoms with Crippen LogP contribution in [0.5, 0.6) is 0 Å². The molecule has 3 rings (SSSR count). The SMILES string of the molecule is COC(=O)C(C)(CN(C)C(c1ccccc1)c1ccccc1)c1ccccc1. The van der Waals surface area contributed by atoms with E-state index in [0.717, 1.165) is 5.56 Å². The number of methoxy groups -OCH3 is 1. The van der Waals surface area contributed by atoms with Crippen LogP contribution in [0.2, 0.25) is 0 Å². The molecule has 28 heavy (non-hydrogen) atoms. The molecule has 3 heteroatoms. The van der Waals surface area contributed by atoms with Gasteiger partial charge in [0.25, 0.3) is 0 Å². The second-order valence-electron chi connectivity index (χ2n) is 7.33. The van der Waals surface area contributed by atoms with Crippen LogP contribution in [-0.2, 0) is 14.9 Å². The number of esters is 1. The third-order valence-corrected chi connectivity index (χ3v) is 5.28. The van der Waals surface area contributed by atoms with Crippen LogP contribution >= 0.6 is 0 Å². The zero-order chi connectivity index (χ0) is 20.0. The number of benzene rings is 3. The van der Waals surface area contributed by atoms with Gasteiger partial charge in [-0.3, -0.25) is 9.69 Å². The van der Waals surface area contributed by atoms with Crippen molar-refractivity contribution in [2.24, 2.45) is 0 Å². The summed E-state index contributed by atoms with van der Waals surface area (Å²) in [6.45, 7) is 2.48. The molecular formula is C25H27NO2. The van der Waals surface area contributed by atoms with Crippen LogP contribution in [0.1, 0.15) is 29.7 Å². The molecule has 144 valence electrons. The van der Waals surface area contributed by atoms with Crippen molar-refractivity contribution in [3.8, 4) is 0 Å². The molecule has 1 unspecified atom stereocenters. The van der Waals surface area contributed by atoms with Gasteiger partial charge in [-0.15, -0.1) is 0 Å². The van der Waals surface area contributed by atoms with Gasteiger partial charge < -0.3 is 4.74 Å². The van der Waals surface area contributed by atoms with E-state index < -0.39 is 5.41 Å². The molecule has 0 aliphatic heterocycles. The number of hydrogen-bond acceptors (Lipinski definition) is 3. The lowest BCUT2D eigenvalue weighted by molar-refractivity contribution is -0.147. The van der Waals surface area contributed by atoms with Crippen LogP contribution in [0.15, 0.2) is 91.0 Å². The first-order valence-electron chi connectivity index (χ1n) is 9.50. The predicted molar refractivity (Wildman–Crippen MR) is 113 cm³/mol. The Hall–Kier alpha value is -2.91. The molecule has 0 aromatic heterocycles. The summed E-state index contributed by atoms with van der Waals surface area (Å²) in [7, 11) is 3.52. The van der Waals surface area contributed by atoms with E-state index in [9.17, 15) is 4.79 Å². The summed E-state index contributed by atoms with van der Waals surface area (Å²) in [5.41, 5.74) is 2.56. The maximum atomic E-state index is 12.8. The lowest BCUT2D eigenvalue weighted by Gasteiger charge is -2.36. The summed E-state index contributed by atoms with van der Waals surface area (Å²) >= 11 is 0. The quantitative estimate of drug-likeness (QED) is 0.555. The van der Waals surface area contributed by atoms with Crippen LogP contribution in [-0.4, -0.2) is 31.6 Å².